The summed E-state index contributed by atoms with van der Waals surface area (Å²) in [6.45, 7) is 5.55. The molecule has 1 unspecified atom stereocenters. The van der Waals surface area contributed by atoms with Crippen molar-refractivity contribution in [3.63, 3.8) is 0 Å². The number of carbonyl (C=O) groups is 3. The van der Waals surface area contributed by atoms with Gasteiger partial charge in [0.25, 0.3) is 5.91 Å². The molecule has 9 nitrogen and oxygen atoms in total. The zero-order valence-electron chi connectivity index (χ0n) is 18.3. The molecule has 172 valence electrons. The maximum absolute atomic E-state index is 13.2. The number of aryl methyl sites for hydroxylation is 1. The summed E-state index contributed by atoms with van der Waals surface area (Å²) >= 11 is 6.11. The number of anilines is 1. The highest BCUT2D eigenvalue weighted by molar-refractivity contribution is 6.31. The fraction of sp³-hybridized carbons (Fsp3) is 0.571. The lowest BCUT2D eigenvalue weighted by Crippen LogP contribution is -2.55. The second kappa shape index (κ2) is 11.2. The van der Waals surface area contributed by atoms with Crippen LogP contribution in [0.5, 0.6) is 5.75 Å². The van der Waals surface area contributed by atoms with Gasteiger partial charge in [0.1, 0.15) is 18.3 Å². The molecule has 1 saturated carbocycles. The molecule has 4 N–H and O–H groups in total. The Morgan fingerprint density at radius 2 is 1.97 bits per heavy atom. The maximum atomic E-state index is 13.2. The second-order valence-electron chi connectivity index (χ2n) is 8.17. The minimum absolute atomic E-state index is 0.229. The third-order valence-corrected chi connectivity index (χ3v) is 5.83. The minimum atomic E-state index is -0.856. The number of hydrogen-bond acceptors (Lipinski definition) is 5. The van der Waals surface area contributed by atoms with Gasteiger partial charge in [-0.25, -0.2) is 10.3 Å². The van der Waals surface area contributed by atoms with E-state index in [2.05, 4.69) is 10.6 Å². The molecule has 0 spiro atoms. The van der Waals surface area contributed by atoms with Crippen LogP contribution in [0.2, 0.25) is 5.02 Å². The first-order valence-electron chi connectivity index (χ1n) is 10.3. The number of rotatable bonds is 9. The van der Waals surface area contributed by atoms with Gasteiger partial charge in [-0.15, -0.1) is 0 Å². The van der Waals surface area contributed by atoms with Crippen molar-refractivity contribution in [2.75, 3.05) is 25.5 Å². The van der Waals surface area contributed by atoms with Crippen molar-refractivity contribution in [1.29, 1.82) is 0 Å². The number of ether oxygens (including phenoxy) is 1. The highest BCUT2D eigenvalue weighted by Gasteiger charge is 2.32. The predicted molar refractivity (Wildman–Crippen MR) is 117 cm³/mol. The SMILES string of the molecule is COc1cc(Cl)c(C)cc1NC(=O)NC(C(=O)N(CC(=O)NO)CC1CCC1)C(C)C. The van der Waals surface area contributed by atoms with Crippen LogP contribution in [0.4, 0.5) is 10.5 Å². The first kappa shape index (κ1) is 24.7. The third-order valence-electron chi connectivity index (χ3n) is 5.42. The van der Waals surface area contributed by atoms with Crippen molar-refractivity contribution in [3.05, 3.63) is 22.7 Å². The molecule has 1 aliphatic carbocycles. The van der Waals surface area contributed by atoms with E-state index in [0.29, 0.717) is 28.9 Å². The van der Waals surface area contributed by atoms with Crippen LogP contribution in [0.15, 0.2) is 12.1 Å². The molecule has 0 aromatic heterocycles. The topological polar surface area (TPSA) is 120 Å². The van der Waals surface area contributed by atoms with E-state index in [9.17, 15) is 14.4 Å². The van der Waals surface area contributed by atoms with Crippen LogP contribution in [0.3, 0.4) is 0 Å². The van der Waals surface area contributed by atoms with Crippen LogP contribution in [0.25, 0.3) is 0 Å². The Labute approximate surface area is 187 Å². The van der Waals surface area contributed by atoms with Crippen molar-refractivity contribution >= 4 is 35.1 Å². The molecule has 0 heterocycles. The van der Waals surface area contributed by atoms with Crippen LogP contribution in [0, 0.1) is 18.8 Å². The van der Waals surface area contributed by atoms with E-state index in [1.54, 1.807) is 24.5 Å². The smallest absolute Gasteiger partial charge is 0.320 e. The van der Waals surface area contributed by atoms with E-state index < -0.39 is 18.0 Å². The summed E-state index contributed by atoms with van der Waals surface area (Å²) in [5.74, 6) is -0.572. The van der Waals surface area contributed by atoms with Gasteiger partial charge in [-0.2, -0.15) is 0 Å². The molecule has 0 saturated heterocycles. The van der Waals surface area contributed by atoms with Crippen LogP contribution in [0.1, 0.15) is 38.7 Å². The Morgan fingerprint density at radius 3 is 2.48 bits per heavy atom. The molecule has 10 heteroatoms. The molecule has 2 rings (SSSR count). The number of hydroxylamine groups is 1. The zero-order chi connectivity index (χ0) is 23.1. The molecular formula is C21H31ClN4O5. The fourth-order valence-electron chi connectivity index (χ4n) is 3.37. The molecule has 1 atom stereocenters. The van der Waals surface area contributed by atoms with E-state index in [-0.39, 0.29) is 18.4 Å². The number of methoxy groups -OCH3 is 1. The molecule has 1 aromatic carbocycles. The number of hydrogen-bond donors (Lipinski definition) is 4. The van der Waals surface area contributed by atoms with Crippen LogP contribution in [-0.2, 0) is 9.59 Å². The fourth-order valence-corrected chi connectivity index (χ4v) is 3.52. The van der Waals surface area contributed by atoms with Crippen molar-refractivity contribution < 1.29 is 24.3 Å². The average Bonchev–Trinajstić information content (AvgIpc) is 2.69. The van der Waals surface area contributed by atoms with Gasteiger partial charge in [0.2, 0.25) is 5.91 Å². The number of nitrogens with zero attached hydrogens (tertiary/aromatic N) is 1. The number of amides is 4. The van der Waals surface area contributed by atoms with Gasteiger partial charge in [0.15, 0.2) is 0 Å². The Bertz CT molecular complexity index is 813. The minimum Gasteiger partial charge on any atom is -0.495 e. The summed E-state index contributed by atoms with van der Waals surface area (Å²) < 4.78 is 5.27. The zero-order valence-corrected chi connectivity index (χ0v) is 19.1. The van der Waals surface area contributed by atoms with E-state index in [0.717, 1.165) is 24.8 Å². The Kier molecular flexibility index (Phi) is 8.94. The predicted octanol–water partition coefficient (Wildman–Crippen LogP) is 2.94. The molecule has 1 aromatic rings. The molecular weight excluding hydrogens is 424 g/mol. The van der Waals surface area contributed by atoms with Crippen LogP contribution < -0.4 is 20.9 Å². The Balaban J connectivity index is 2.14. The average molecular weight is 455 g/mol. The second-order valence-corrected chi connectivity index (χ2v) is 8.58. The number of carbonyl (C=O) groups excluding carboxylic acids is 3. The first-order chi connectivity index (χ1) is 14.7. The van der Waals surface area contributed by atoms with E-state index in [1.165, 1.54) is 12.0 Å². The van der Waals surface area contributed by atoms with E-state index in [1.807, 2.05) is 13.8 Å². The first-order valence-corrected chi connectivity index (χ1v) is 10.7. The molecule has 1 fully saturated rings. The molecule has 31 heavy (non-hydrogen) atoms. The monoisotopic (exact) mass is 454 g/mol. The van der Waals surface area contributed by atoms with Crippen molar-refractivity contribution in [2.45, 2.75) is 46.1 Å². The molecule has 0 bridgehead atoms. The summed E-state index contributed by atoms with van der Waals surface area (Å²) in [4.78, 5) is 39.0. The lowest BCUT2D eigenvalue weighted by molar-refractivity contribution is -0.142. The van der Waals surface area contributed by atoms with Gasteiger partial charge in [-0.1, -0.05) is 31.9 Å². The molecule has 0 radical (unpaired) electrons. The van der Waals surface area contributed by atoms with Gasteiger partial charge < -0.3 is 20.3 Å². The number of nitrogens with one attached hydrogen (secondary N) is 3. The number of halogens is 1. The standard InChI is InChI=1S/C21H31ClN4O5/c1-12(2)19(20(28)26(11-18(27)25-30)10-14-6-5-7-14)24-21(29)23-16-8-13(3)15(22)9-17(16)31-4/h8-9,12,14,19,30H,5-7,10-11H2,1-4H3,(H,25,27)(H2,23,24,29). The summed E-state index contributed by atoms with van der Waals surface area (Å²) in [6, 6.07) is 1.85. The number of urea groups is 1. The van der Waals surface area contributed by atoms with E-state index >= 15 is 0 Å². The largest absolute Gasteiger partial charge is 0.495 e. The van der Waals surface area contributed by atoms with Crippen LogP contribution in [-0.4, -0.2) is 54.2 Å². The Hall–Kier alpha value is -2.52. The van der Waals surface area contributed by atoms with Crippen molar-refractivity contribution in [1.82, 2.24) is 15.7 Å². The Morgan fingerprint density at radius 1 is 1.29 bits per heavy atom. The van der Waals surface area contributed by atoms with Gasteiger partial charge >= 0.3 is 6.03 Å². The lowest BCUT2D eigenvalue weighted by Gasteiger charge is -2.35. The molecule has 1 aliphatic rings. The summed E-state index contributed by atoms with van der Waals surface area (Å²) in [5.41, 5.74) is 2.75. The van der Waals surface area contributed by atoms with Gasteiger partial charge in [0, 0.05) is 17.6 Å². The van der Waals surface area contributed by atoms with Crippen LogP contribution >= 0.6 is 11.6 Å². The highest BCUT2D eigenvalue weighted by Crippen LogP contribution is 2.31. The number of benzene rings is 1. The van der Waals surface area contributed by atoms with Gasteiger partial charge in [0.05, 0.1) is 12.8 Å². The third kappa shape index (κ3) is 6.73. The normalized spacial score (nSPS) is 14.4. The van der Waals surface area contributed by atoms with Gasteiger partial charge in [-0.05, 0) is 43.2 Å². The molecule has 4 amide bonds. The highest BCUT2D eigenvalue weighted by atomic mass is 35.5. The maximum Gasteiger partial charge on any atom is 0.320 e. The summed E-state index contributed by atoms with van der Waals surface area (Å²) in [5, 5.41) is 14.8. The van der Waals surface area contributed by atoms with Crippen molar-refractivity contribution in [2.24, 2.45) is 11.8 Å². The molecule has 0 aliphatic heterocycles. The van der Waals surface area contributed by atoms with Gasteiger partial charge in [-0.3, -0.25) is 14.8 Å². The lowest BCUT2D eigenvalue weighted by atomic mass is 9.85. The summed E-state index contributed by atoms with van der Waals surface area (Å²) in [7, 11) is 1.47. The van der Waals surface area contributed by atoms with E-state index in [4.69, 9.17) is 21.5 Å². The van der Waals surface area contributed by atoms with Crippen molar-refractivity contribution in [3.8, 4) is 5.75 Å². The summed E-state index contributed by atoms with van der Waals surface area (Å²) in [6.07, 6.45) is 3.07. The quantitative estimate of drug-likeness (QED) is 0.338.